The van der Waals surface area contributed by atoms with Crippen molar-refractivity contribution in [1.29, 1.82) is 0 Å². The minimum absolute atomic E-state index is 0.155. The molecule has 5 nitrogen and oxygen atoms in total. The highest BCUT2D eigenvalue weighted by Crippen LogP contribution is 2.25. The summed E-state index contributed by atoms with van der Waals surface area (Å²) in [7, 11) is 1.79. The number of pyridine rings is 1. The highest BCUT2D eigenvalue weighted by atomic mass is 35.5. The molecule has 0 saturated heterocycles. The minimum Gasteiger partial charge on any atom is -0.478 e. The van der Waals surface area contributed by atoms with E-state index in [9.17, 15) is 9.59 Å². The third-order valence-electron chi connectivity index (χ3n) is 3.08. The summed E-state index contributed by atoms with van der Waals surface area (Å²) in [5.74, 6) is -0.267. The van der Waals surface area contributed by atoms with Gasteiger partial charge in [0.25, 0.3) is 5.91 Å². The molecule has 1 amide bonds. The van der Waals surface area contributed by atoms with Gasteiger partial charge in [-0.05, 0) is 25.1 Å². The Bertz CT molecular complexity index is 772. The summed E-state index contributed by atoms with van der Waals surface area (Å²) in [4.78, 5) is 23.6. The third kappa shape index (κ3) is 3.81. The first kappa shape index (κ1) is 16.4. The number of anilines is 1. The predicted octanol–water partition coefficient (Wildman–Crippen LogP) is 3.02. The normalized spacial score (nSPS) is 10.4. The molecule has 1 aromatic carbocycles. The van der Waals surface area contributed by atoms with Crippen LogP contribution >= 0.6 is 23.2 Å². The molecule has 1 aromatic heterocycles. The fraction of sp³-hybridized carbons (Fsp3) is 0.200. The molecule has 0 atom stereocenters. The molecular formula is C15H14Cl2N2O3. The molecule has 1 heterocycles. The number of aryl methyl sites for hydroxylation is 1. The molecule has 2 rings (SSSR count). The Balaban J connectivity index is 2.05. The van der Waals surface area contributed by atoms with Crippen LogP contribution in [0.2, 0.25) is 10.0 Å². The zero-order valence-corrected chi connectivity index (χ0v) is 13.5. The van der Waals surface area contributed by atoms with E-state index in [1.807, 2.05) is 0 Å². The van der Waals surface area contributed by atoms with Crippen molar-refractivity contribution in [1.82, 2.24) is 4.57 Å². The average molecular weight is 341 g/mol. The maximum atomic E-state index is 11.9. The molecule has 0 radical (unpaired) electrons. The first-order valence-electron chi connectivity index (χ1n) is 6.42. The summed E-state index contributed by atoms with van der Waals surface area (Å²) in [5.41, 5.74) is 0.801. The lowest BCUT2D eigenvalue weighted by atomic mass is 10.3. The van der Waals surface area contributed by atoms with E-state index in [2.05, 4.69) is 5.32 Å². The van der Waals surface area contributed by atoms with Crippen LogP contribution in [0.4, 0.5) is 5.69 Å². The molecule has 116 valence electrons. The molecule has 0 aliphatic heterocycles. The van der Waals surface area contributed by atoms with Gasteiger partial charge in [0, 0.05) is 24.3 Å². The number of amides is 1. The number of nitrogens with one attached hydrogen (secondary N) is 1. The second-order valence-electron chi connectivity index (χ2n) is 4.67. The monoisotopic (exact) mass is 340 g/mol. The Kier molecular flexibility index (Phi) is 5.11. The molecule has 0 aliphatic rings. The van der Waals surface area contributed by atoms with Gasteiger partial charge in [-0.25, -0.2) is 0 Å². The van der Waals surface area contributed by atoms with Gasteiger partial charge in [-0.1, -0.05) is 23.2 Å². The van der Waals surface area contributed by atoms with Crippen molar-refractivity contribution in [3.05, 3.63) is 56.4 Å². The topological polar surface area (TPSA) is 60.3 Å². The van der Waals surface area contributed by atoms with Gasteiger partial charge in [-0.15, -0.1) is 0 Å². The molecular weight excluding hydrogens is 327 g/mol. The second-order valence-corrected chi connectivity index (χ2v) is 5.51. The number of nitrogens with zero attached hydrogens (tertiary/aromatic N) is 1. The molecule has 22 heavy (non-hydrogen) atoms. The Morgan fingerprint density at radius 3 is 2.73 bits per heavy atom. The summed E-state index contributed by atoms with van der Waals surface area (Å²) in [6.45, 7) is 1.45. The van der Waals surface area contributed by atoms with Gasteiger partial charge >= 0.3 is 0 Å². The van der Waals surface area contributed by atoms with E-state index in [0.717, 1.165) is 0 Å². The summed E-state index contributed by atoms with van der Waals surface area (Å²) in [5, 5.41) is 3.40. The molecule has 0 unspecified atom stereocenters. The van der Waals surface area contributed by atoms with Gasteiger partial charge in [-0.3, -0.25) is 9.59 Å². The smallest absolute Gasteiger partial charge is 0.262 e. The molecule has 1 N–H and O–H groups in total. The van der Waals surface area contributed by atoms with Crippen LogP contribution < -0.4 is 15.5 Å². The highest BCUT2D eigenvalue weighted by Gasteiger charge is 2.11. The molecule has 0 saturated carbocycles. The number of benzene rings is 1. The van der Waals surface area contributed by atoms with Crippen LogP contribution in [0.25, 0.3) is 0 Å². The fourth-order valence-electron chi connectivity index (χ4n) is 1.80. The lowest BCUT2D eigenvalue weighted by Gasteiger charge is -2.12. The predicted molar refractivity (Wildman–Crippen MR) is 87.0 cm³/mol. The van der Waals surface area contributed by atoms with E-state index in [1.165, 1.54) is 12.1 Å². The summed E-state index contributed by atoms with van der Waals surface area (Å²) in [6, 6.07) is 6.11. The number of hydrogen-bond acceptors (Lipinski definition) is 3. The van der Waals surface area contributed by atoms with Crippen molar-refractivity contribution < 1.29 is 9.53 Å². The quantitative estimate of drug-likeness (QED) is 0.930. The number of ether oxygens (including phenoxy) is 1. The number of rotatable bonds is 4. The molecule has 2 aromatic rings. The molecule has 0 bridgehead atoms. The number of aromatic nitrogens is 1. The third-order valence-corrected chi connectivity index (χ3v) is 3.63. The summed E-state index contributed by atoms with van der Waals surface area (Å²) >= 11 is 11.8. The van der Waals surface area contributed by atoms with Crippen molar-refractivity contribution in [2.75, 3.05) is 11.9 Å². The Hall–Kier alpha value is -1.98. The van der Waals surface area contributed by atoms with Crippen LogP contribution in [-0.2, 0) is 11.8 Å². The maximum absolute atomic E-state index is 11.9. The highest BCUT2D eigenvalue weighted by molar-refractivity contribution is 6.36. The molecule has 0 spiro atoms. The molecule has 7 heteroatoms. The van der Waals surface area contributed by atoms with Crippen molar-refractivity contribution in [3.63, 3.8) is 0 Å². The van der Waals surface area contributed by atoms with Crippen LogP contribution in [-0.4, -0.2) is 17.1 Å². The average Bonchev–Trinajstić information content (AvgIpc) is 2.46. The lowest BCUT2D eigenvalue weighted by molar-refractivity contribution is -0.118. The van der Waals surface area contributed by atoms with E-state index in [1.54, 1.807) is 36.9 Å². The minimum atomic E-state index is -0.422. The first-order valence-corrected chi connectivity index (χ1v) is 7.18. The summed E-state index contributed by atoms with van der Waals surface area (Å²) < 4.78 is 7.07. The van der Waals surface area contributed by atoms with Gasteiger partial charge in [0.05, 0.1) is 16.4 Å². The Labute approximate surface area is 137 Å². The van der Waals surface area contributed by atoms with Gasteiger partial charge in [0.15, 0.2) is 12.4 Å². The molecule has 0 aliphatic carbocycles. The van der Waals surface area contributed by atoms with Crippen molar-refractivity contribution in [2.24, 2.45) is 7.05 Å². The van der Waals surface area contributed by atoms with Gasteiger partial charge in [-0.2, -0.15) is 0 Å². The van der Waals surface area contributed by atoms with Crippen molar-refractivity contribution >= 4 is 34.8 Å². The van der Waals surface area contributed by atoms with Gasteiger partial charge in [0.1, 0.15) is 0 Å². The van der Waals surface area contributed by atoms with Crippen LogP contribution in [0.15, 0.2) is 35.3 Å². The second kappa shape index (κ2) is 6.85. The summed E-state index contributed by atoms with van der Waals surface area (Å²) in [6.07, 6.45) is 1.64. The van der Waals surface area contributed by atoms with Crippen LogP contribution in [0.5, 0.6) is 5.75 Å². The largest absolute Gasteiger partial charge is 0.478 e. The zero-order chi connectivity index (χ0) is 16.3. The van der Waals surface area contributed by atoms with E-state index in [4.69, 9.17) is 27.9 Å². The van der Waals surface area contributed by atoms with E-state index in [-0.39, 0.29) is 17.8 Å². The Morgan fingerprint density at radius 2 is 2.05 bits per heavy atom. The van der Waals surface area contributed by atoms with Crippen LogP contribution in [0.1, 0.15) is 5.69 Å². The van der Waals surface area contributed by atoms with Crippen molar-refractivity contribution in [2.45, 2.75) is 6.92 Å². The van der Waals surface area contributed by atoms with E-state index >= 15 is 0 Å². The number of carbonyl (C=O) groups is 1. The lowest BCUT2D eigenvalue weighted by Crippen LogP contribution is -2.23. The maximum Gasteiger partial charge on any atom is 0.262 e. The van der Waals surface area contributed by atoms with Gasteiger partial charge in [0.2, 0.25) is 5.43 Å². The van der Waals surface area contributed by atoms with E-state index in [0.29, 0.717) is 21.4 Å². The SMILES string of the molecule is Cc1c(OCC(=O)Nc2ccc(Cl)cc2Cl)c(=O)ccn1C. The fourth-order valence-corrected chi connectivity index (χ4v) is 2.25. The number of hydrogen-bond donors (Lipinski definition) is 1. The van der Waals surface area contributed by atoms with Gasteiger partial charge < -0.3 is 14.6 Å². The van der Waals surface area contributed by atoms with Crippen LogP contribution in [0.3, 0.4) is 0 Å². The van der Waals surface area contributed by atoms with Crippen LogP contribution in [0, 0.1) is 6.92 Å². The number of halogens is 2. The van der Waals surface area contributed by atoms with E-state index < -0.39 is 5.91 Å². The zero-order valence-electron chi connectivity index (χ0n) is 12.0. The first-order chi connectivity index (χ1) is 10.4. The standard InChI is InChI=1S/C15H14Cl2N2O3/c1-9-15(13(20)5-6-19(9)2)22-8-14(21)18-12-4-3-10(16)7-11(12)17/h3-7H,8H2,1-2H3,(H,18,21). The molecule has 0 fully saturated rings. The van der Waals surface area contributed by atoms with Crippen molar-refractivity contribution in [3.8, 4) is 5.75 Å². The number of carbonyl (C=O) groups excluding carboxylic acids is 1. The Morgan fingerprint density at radius 1 is 1.32 bits per heavy atom.